The van der Waals surface area contributed by atoms with Crippen molar-refractivity contribution in [2.75, 3.05) is 0 Å². The minimum Gasteiger partial charge on any atom is -0.460 e. The second-order valence-electron chi connectivity index (χ2n) is 9.92. The molecule has 0 radical (unpaired) electrons. The van der Waals surface area contributed by atoms with Gasteiger partial charge < -0.3 is 19.5 Å². The van der Waals surface area contributed by atoms with Gasteiger partial charge in [-0.25, -0.2) is 4.79 Å². The van der Waals surface area contributed by atoms with Crippen LogP contribution < -0.4 is 5.32 Å². The third-order valence-corrected chi connectivity index (χ3v) is 4.22. The average molecular weight is 436 g/mol. The van der Waals surface area contributed by atoms with E-state index in [0.717, 1.165) is 5.56 Å². The van der Waals surface area contributed by atoms with Crippen LogP contribution in [0.4, 0.5) is 4.79 Å². The fourth-order valence-corrected chi connectivity index (χ4v) is 2.80. The lowest BCUT2D eigenvalue weighted by Gasteiger charge is -2.31. The second-order valence-corrected chi connectivity index (χ2v) is 9.92. The number of hydrogen-bond donors (Lipinski definition) is 1. The van der Waals surface area contributed by atoms with E-state index in [9.17, 15) is 14.4 Å². The van der Waals surface area contributed by atoms with E-state index in [-0.39, 0.29) is 31.4 Å². The number of ether oxygens (including phenoxy) is 3. The molecule has 1 amide bonds. The highest BCUT2D eigenvalue weighted by Gasteiger charge is 2.31. The molecule has 0 aromatic heterocycles. The lowest BCUT2D eigenvalue weighted by atomic mass is 9.90. The van der Waals surface area contributed by atoms with Crippen LogP contribution in [0.1, 0.15) is 79.7 Å². The van der Waals surface area contributed by atoms with Crippen LogP contribution in [-0.4, -0.2) is 34.8 Å². The molecule has 0 aliphatic carbocycles. The zero-order valence-corrected chi connectivity index (χ0v) is 19.9. The molecule has 0 bridgehead atoms. The highest BCUT2D eigenvalue weighted by Crippen LogP contribution is 2.22. The van der Waals surface area contributed by atoms with Crippen molar-refractivity contribution in [3.8, 4) is 0 Å². The molecular weight excluding hydrogens is 398 g/mol. The van der Waals surface area contributed by atoms with Crippen molar-refractivity contribution in [1.29, 1.82) is 0 Å². The summed E-state index contributed by atoms with van der Waals surface area (Å²) in [6.45, 7) is 12.7. The van der Waals surface area contributed by atoms with Gasteiger partial charge in [-0.05, 0) is 66.9 Å². The maximum Gasteiger partial charge on any atom is 0.407 e. The van der Waals surface area contributed by atoms with Gasteiger partial charge in [0.2, 0.25) is 0 Å². The number of amides is 1. The van der Waals surface area contributed by atoms with Crippen molar-refractivity contribution in [3.05, 3.63) is 35.9 Å². The zero-order valence-electron chi connectivity index (χ0n) is 19.9. The summed E-state index contributed by atoms with van der Waals surface area (Å²) < 4.78 is 16.0. The first-order chi connectivity index (χ1) is 14.2. The molecule has 0 aliphatic rings. The molecule has 0 aliphatic heterocycles. The number of alkyl carbamates (subject to hydrolysis) is 1. The van der Waals surface area contributed by atoms with Crippen molar-refractivity contribution in [3.63, 3.8) is 0 Å². The van der Waals surface area contributed by atoms with E-state index < -0.39 is 22.8 Å². The lowest BCUT2D eigenvalue weighted by molar-refractivity contribution is -0.155. The number of carbonyl (C=O) groups is 3. The molecule has 0 fully saturated rings. The number of esters is 2. The smallest absolute Gasteiger partial charge is 0.407 e. The Morgan fingerprint density at radius 2 is 1.23 bits per heavy atom. The average Bonchev–Trinajstić information content (AvgIpc) is 2.61. The Labute approximate surface area is 185 Å². The first-order valence-electron chi connectivity index (χ1n) is 10.6. The maximum atomic E-state index is 12.4. The number of hydrogen-bond acceptors (Lipinski definition) is 6. The van der Waals surface area contributed by atoms with Crippen LogP contribution in [0.2, 0.25) is 0 Å². The summed E-state index contributed by atoms with van der Waals surface area (Å²) in [7, 11) is 0. The second kappa shape index (κ2) is 11.2. The van der Waals surface area contributed by atoms with Gasteiger partial charge in [0.15, 0.2) is 0 Å². The van der Waals surface area contributed by atoms with Gasteiger partial charge in [-0.15, -0.1) is 0 Å². The molecule has 1 aromatic rings. The van der Waals surface area contributed by atoms with Gasteiger partial charge in [0, 0.05) is 18.4 Å². The third-order valence-electron chi connectivity index (χ3n) is 4.22. The monoisotopic (exact) mass is 435 g/mol. The van der Waals surface area contributed by atoms with Crippen LogP contribution in [0.25, 0.3) is 0 Å². The molecule has 7 heteroatoms. The Kier molecular flexibility index (Phi) is 9.53. The van der Waals surface area contributed by atoms with Gasteiger partial charge in [0.05, 0.1) is 0 Å². The molecule has 0 saturated heterocycles. The lowest BCUT2D eigenvalue weighted by Crippen LogP contribution is -2.47. The molecule has 1 aromatic carbocycles. The summed E-state index contributed by atoms with van der Waals surface area (Å²) in [6, 6.07) is 9.33. The highest BCUT2D eigenvalue weighted by molar-refractivity contribution is 5.72. The summed E-state index contributed by atoms with van der Waals surface area (Å²) in [5.41, 5.74) is -1.17. The fourth-order valence-electron chi connectivity index (χ4n) is 2.80. The largest absolute Gasteiger partial charge is 0.460 e. The molecule has 7 nitrogen and oxygen atoms in total. The Hall–Kier alpha value is -2.57. The Bertz CT molecular complexity index is 699. The van der Waals surface area contributed by atoms with Crippen LogP contribution >= 0.6 is 0 Å². The van der Waals surface area contributed by atoms with Crippen molar-refractivity contribution >= 4 is 18.0 Å². The minimum absolute atomic E-state index is 0.0983. The number of benzene rings is 1. The Morgan fingerprint density at radius 1 is 0.774 bits per heavy atom. The van der Waals surface area contributed by atoms with Gasteiger partial charge in [0.1, 0.15) is 17.8 Å². The minimum atomic E-state index is -0.846. The first kappa shape index (κ1) is 26.5. The van der Waals surface area contributed by atoms with E-state index in [2.05, 4.69) is 5.32 Å². The molecule has 174 valence electrons. The van der Waals surface area contributed by atoms with Gasteiger partial charge in [0.25, 0.3) is 0 Å². The van der Waals surface area contributed by atoms with Gasteiger partial charge >= 0.3 is 18.0 Å². The van der Waals surface area contributed by atoms with Crippen LogP contribution in [-0.2, 0) is 30.4 Å². The van der Waals surface area contributed by atoms with Crippen LogP contribution in [0.15, 0.2) is 30.3 Å². The van der Waals surface area contributed by atoms with E-state index in [4.69, 9.17) is 14.2 Å². The SMILES string of the molecule is CC(CCC(=O)OC(C)(C)C)(CCC(=O)OC(C)(C)C)NC(=O)OCc1ccccc1. The summed E-state index contributed by atoms with van der Waals surface area (Å²) in [6.07, 6.45) is 0.179. The highest BCUT2D eigenvalue weighted by atomic mass is 16.6. The van der Waals surface area contributed by atoms with Crippen molar-refractivity contribution in [2.24, 2.45) is 0 Å². The van der Waals surface area contributed by atoms with Crippen molar-refractivity contribution < 1.29 is 28.6 Å². The Balaban J connectivity index is 2.73. The third kappa shape index (κ3) is 12.7. The summed E-state index contributed by atoms with van der Waals surface area (Å²) in [4.78, 5) is 36.8. The van der Waals surface area contributed by atoms with E-state index >= 15 is 0 Å². The molecule has 0 saturated carbocycles. The van der Waals surface area contributed by atoms with Gasteiger partial charge in [-0.2, -0.15) is 0 Å². The zero-order chi connectivity index (χ0) is 23.7. The number of rotatable bonds is 9. The van der Waals surface area contributed by atoms with E-state index in [1.165, 1.54) is 0 Å². The molecule has 0 unspecified atom stereocenters. The summed E-state index contributed by atoms with van der Waals surface area (Å²) in [5.74, 6) is -0.731. The molecular formula is C24H37NO6. The van der Waals surface area contributed by atoms with Crippen LogP contribution in [0.5, 0.6) is 0 Å². The van der Waals surface area contributed by atoms with Gasteiger partial charge in [-0.1, -0.05) is 30.3 Å². The quantitative estimate of drug-likeness (QED) is 0.437. The summed E-state index contributed by atoms with van der Waals surface area (Å²) in [5, 5.41) is 2.82. The fraction of sp³-hybridized carbons (Fsp3) is 0.625. The van der Waals surface area contributed by atoms with E-state index in [1.54, 1.807) is 48.5 Å². The summed E-state index contributed by atoms with van der Waals surface area (Å²) >= 11 is 0. The van der Waals surface area contributed by atoms with E-state index in [1.807, 2.05) is 30.3 Å². The Morgan fingerprint density at radius 3 is 1.65 bits per heavy atom. The molecule has 0 spiro atoms. The molecule has 31 heavy (non-hydrogen) atoms. The van der Waals surface area contributed by atoms with E-state index in [0.29, 0.717) is 12.8 Å². The predicted molar refractivity (Wildman–Crippen MR) is 118 cm³/mol. The van der Waals surface area contributed by atoms with Crippen molar-refractivity contribution in [1.82, 2.24) is 5.32 Å². The molecule has 1 rings (SSSR count). The molecule has 0 atom stereocenters. The van der Waals surface area contributed by atoms with Crippen LogP contribution in [0.3, 0.4) is 0 Å². The molecule has 0 heterocycles. The standard InChI is InChI=1S/C24H37NO6/c1-22(2,3)30-19(26)13-15-24(7,16-14-20(27)31-23(4,5)6)25-21(28)29-17-18-11-9-8-10-12-18/h8-12H,13-17H2,1-7H3,(H,25,28). The van der Waals surface area contributed by atoms with Crippen LogP contribution in [0, 0.1) is 0 Å². The topological polar surface area (TPSA) is 90.9 Å². The molecule has 1 N–H and O–H groups in total. The number of carbonyl (C=O) groups excluding carboxylic acids is 3. The first-order valence-corrected chi connectivity index (χ1v) is 10.6. The number of nitrogens with one attached hydrogen (secondary N) is 1. The maximum absolute atomic E-state index is 12.4. The van der Waals surface area contributed by atoms with Crippen molar-refractivity contribution in [2.45, 2.75) is 97.5 Å². The predicted octanol–water partition coefficient (Wildman–Crippen LogP) is 4.92. The van der Waals surface area contributed by atoms with Gasteiger partial charge in [-0.3, -0.25) is 9.59 Å². The normalized spacial score (nSPS) is 12.1.